The van der Waals surface area contributed by atoms with Crippen molar-refractivity contribution >= 4 is 5.97 Å². The first kappa shape index (κ1) is 17.1. The third-order valence-electron chi connectivity index (χ3n) is 2.49. The predicted octanol–water partition coefficient (Wildman–Crippen LogP) is 2.44. The van der Waals surface area contributed by atoms with Crippen LogP contribution in [0, 0.1) is 0 Å². The summed E-state index contributed by atoms with van der Waals surface area (Å²) in [7, 11) is 0. The molecule has 1 fully saturated rings. The molecule has 0 aromatic carbocycles. The zero-order valence-electron chi connectivity index (χ0n) is 13.1. The maximum Gasteiger partial charge on any atom is 0.332 e. The number of hydrogen-bond donors (Lipinski definition) is 0. The lowest BCUT2D eigenvalue weighted by molar-refractivity contribution is -0.262. The van der Waals surface area contributed by atoms with Crippen molar-refractivity contribution in [3.8, 4) is 0 Å². The summed E-state index contributed by atoms with van der Waals surface area (Å²) < 4.78 is 21.5. The van der Waals surface area contributed by atoms with E-state index in [0.717, 1.165) is 6.42 Å². The van der Waals surface area contributed by atoms with Gasteiger partial charge in [-0.25, -0.2) is 4.79 Å². The average molecular weight is 286 g/mol. The van der Waals surface area contributed by atoms with Crippen LogP contribution in [0.4, 0.5) is 0 Å². The largest absolute Gasteiger partial charge is 0.458 e. The SMILES string of the molecule is CC(C)(C)OC(=O)COCC=CC1CCOC(C)(C)O1. The standard InChI is InChI=1S/C15H26O5/c1-14(2,3)20-13(16)11-17-9-6-7-12-8-10-18-15(4,5)19-12/h6-7,12H,8-11H2,1-5H3. The zero-order valence-corrected chi connectivity index (χ0v) is 13.1. The van der Waals surface area contributed by atoms with Gasteiger partial charge in [0.25, 0.3) is 0 Å². The Labute approximate surface area is 121 Å². The number of rotatable bonds is 5. The first-order valence-corrected chi connectivity index (χ1v) is 6.96. The van der Waals surface area contributed by atoms with E-state index in [1.807, 2.05) is 46.8 Å². The lowest BCUT2D eigenvalue weighted by atomic mass is 10.2. The van der Waals surface area contributed by atoms with E-state index >= 15 is 0 Å². The molecule has 1 saturated heterocycles. The van der Waals surface area contributed by atoms with Crippen LogP contribution in [0.3, 0.4) is 0 Å². The van der Waals surface area contributed by atoms with Crippen LogP contribution < -0.4 is 0 Å². The third kappa shape index (κ3) is 7.62. The van der Waals surface area contributed by atoms with E-state index in [1.54, 1.807) is 0 Å². The highest BCUT2D eigenvalue weighted by molar-refractivity contribution is 5.71. The molecule has 20 heavy (non-hydrogen) atoms. The highest BCUT2D eigenvalue weighted by Crippen LogP contribution is 2.22. The molecule has 0 aromatic heterocycles. The molecule has 0 radical (unpaired) electrons. The monoisotopic (exact) mass is 286 g/mol. The van der Waals surface area contributed by atoms with Gasteiger partial charge in [0.15, 0.2) is 5.79 Å². The molecule has 1 atom stereocenters. The molecule has 5 heteroatoms. The molecule has 5 nitrogen and oxygen atoms in total. The van der Waals surface area contributed by atoms with Gasteiger partial charge in [-0.3, -0.25) is 0 Å². The molecule has 1 heterocycles. The molecule has 0 N–H and O–H groups in total. The predicted molar refractivity (Wildman–Crippen MR) is 75.3 cm³/mol. The van der Waals surface area contributed by atoms with E-state index in [9.17, 15) is 4.79 Å². The summed E-state index contributed by atoms with van der Waals surface area (Å²) in [6, 6.07) is 0. The Balaban J connectivity index is 2.18. The molecular formula is C15H26O5. The maximum absolute atomic E-state index is 11.4. The van der Waals surface area contributed by atoms with Crippen LogP contribution in [-0.4, -0.2) is 43.3 Å². The van der Waals surface area contributed by atoms with Gasteiger partial charge in [0, 0.05) is 6.42 Å². The second-order valence-corrected chi connectivity index (χ2v) is 6.22. The fraction of sp³-hybridized carbons (Fsp3) is 0.800. The minimum absolute atomic E-state index is 0.0314. The van der Waals surface area contributed by atoms with E-state index in [4.69, 9.17) is 18.9 Å². The summed E-state index contributed by atoms with van der Waals surface area (Å²) in [6.45, 7) is 10.3. The van der Waals surface area contributed by atoms with Gasteiger partial charge < -0.3 is 18.9 Å². The van der Waals surface area contributed by atoms with E-state index < -0.39 is 11.4 Å². The number of carbonyl (C=O) groups is 1. The van der Waals surface area contributed by atoms with Crippen molar-refractivity contribution in [2.24, 2.45) is 0 Å². The van der Waals surface area contributed by atoms with Crippen LogP contribution >= 0.6 is 0 Å². The molecule has 1 aliphatic heterocycles. The maximum atomic E-state index is 11.4. The molecule has 116 valence electrons. The van der Waals surface area contributed by atoms with Gasteiger partial charge in [0.05, 0.1) is 19.3 Å². The second kappa shape index (κ2) is 7.20. The van der Waals surface area contributed by atoms with Gasteiger partial charge in [-0.05, 0) is 34.6 Å². The van der Waals surface area contributed by atoms with Crippen LogP contribution in [0.2, 0.25) is 0 Å². The summed E-state index contributed by atoms with van der Waals surface area (Å²) in [6.07, 6.45) is 4.66. The van der Waals surface area contributed by atoms with Crippen LogP contribution in [0.1, 0.15) is 41.0 Å². The molecule has 1 aliphatic rings. The van der Waals surface area contributed by atoms with Crippen molar-refractivity contribution in [2.45, 2.75) is 58.5 Å². The Kier molecular flexibility index (Phi) is 6.17. The van der Waals surface area contributed by atoms with Gasteiger partial charge in [-0.1, -0.05) is 12.2 Å². The minimum Gasteiger partial charge on any atom is -0.458 e. The third-order valence-corrected chi connectivity index (χ3v) is 2.49. The Hall–Kier alpha value is -0.910. The first-order chi connectivity index (χ1) is 9.18. The summed E-state index contributed by atoms with van der Waals surface area (Å²) >= 11 is 0. The molecular weight excluding hydrogens is 260 g/mol. The summed E-state index contributed by atoms with van der Waals surface area (Å²) in [5.41, 5.74) is -0.474. The lowest BCUT2D eigenvalue weighted by Crippen LogP contribution is -2.38. The Bertz CT molecular complexity index is 341. The van der Waals surface area contributed by atoms with Gasteiger partial charge in [-0.2, -0.15) is 0 Å². The molecule has 1 rings (SSSR count). The van der Waals surface area contributed by atoms with E-state index in [2.05, 4.69) is 0 Å². The van der Waals surface area contributed by atoms with Crippen LogP contribution in [0.15, 0.2) is 12.2 Å². The van der Waals surface area contributed by atoms with Crippen LogP contribution in [0.25, 0.3) is 0 Å². The topological polar surface area (TPSA) is 54.0 Å². The van der Waals surface area contributed by atoms with E-state index in [1.165, 1.54) is 0 Å². The van der Waals surface area contributed by atoms with E-state index in [0.29, 0.717) is 13.2 Å². The minimum atomic E-state index is -0.537. The Morgan fingerprint density at radius 2 is 2.10 bits per heavy atom. The molecule has 0 aliphatic carbocycles. The Morgan fingerprint density at radius 1 is 1.40 bits per heavy atom. The van der Waals surface area contributed by atoms with Gasteiger partial charge in [0.1, 0.15) is 12.2 Å². The van der Waals surface area contributed by atoms with Crippen LogP contribution in [0.5, 0.6) is 0 Å². The van der Waals surface area contributed by atoms with Crippen molar-refractivity contribution in [1.82, 2.24) is 0 Å². The molecule has 0 spiro atoms. The smallest absolute Gasteiger partial charge is 0.332 e. The van der Waals surface area contributed by atoms with E-state index in [-0.39, 0.29) is 18.7 Å². The zero-order chi connectivity index (χ0) is 15.2. The summed E-state index contributed by atoms with van der Waals surface area (Å²) in [5, 5.41) is 0. The molecule has 0 amide bonds. The van der Waals surface area contributed by atoms with Gasteiger partial charge in [-0.15, -0.1) is 0 Å². The van der Waals surface area contributed by atoms with Crippen LogP contribution in [-0.2, 0) is 23.7 Å². The molecule has 0 bridgehead atoms. The first-order valence-electron chi connectivity index (χ1n) is 6.96. The normalized spacial score (nSPS) is 22.9. The lowest BCUT2D eigenvalue weighted by Gasteiger charge is -2.34. The fourth-order valence-corrected chi connectivity index (χ4v) is 1.80. The van der Waals surface area contributed by atoms with Crippen molar-refractivity contribution in [3.63, 3.8) is 0 Å². The van der Waals surface area contributed by atoms with Crippen molar-refractivity contribution in [2.75, 3.05) is 19.8 Å². The number of ether oxygens (including phenoxy) is 4. The number of carbonyl (C=O) groups excluding carboxylic acids is 1. The quantitative estimate of drug-likeness (QED) is 0.441. The van der Waals surface area contributed by atoms with Gasteiger partial charge >= 0.3 is 5.97 Å². The number of hydrogen-bond acceptors (Lipinski definition) is 5. The highest BCUT2D eigenvalue weighted by Gasteiger charge is 2.27. The van der Waals surface area contributed by atoms with Crippen molar-refractivity contribution in [1.29, 1.82) is 0 Å². The second-order valence-electron chi connectivity index (χ2n) is 6.22. The highest BCUT2D eigenvalue weighted by atomic mass is 16.7. The summed E-state index contributed by atoms with van der Waals surface area (Å²) in [5.74, 6) is -0.890. The number of esters is 1. The van der Waals surface area contributed by atoms with Gasteiger partial charge in [0.2, 0.25) is 0 Å². The fourth-order valence-electron chi connectivity index (χ4n) is 1.80. The summed E-state index contributed by atoms with van der Waals surface area (Å²) in [4.78, 5) is 11.4. The van der Waals surface area contributed by atoms with Crippen molar-refractivity contribution < 1.29 is 23.7 Å². The Morgan fingerprint density at radius 3 is 2.70 bits per heavy atom. The molecule has 0 aromatic rings. The molecule has 1 unspecified atom stereocenters. The average Bonchev–Trinajstić information content (AvgIpc) is 2.24. The molecule has 0 saturated carbocycles. The van der Waals surface area contributed by atoms with Crippen molar-refractivity contribution in [3.05, 3.63) is 12.2 Å².